The van der Waals surface area contributed by atoms with Crippen molar-refractivity contribution >= 4 is 0 Å². The Bertz CT molecular complexity index is 446. The maximum Gasteiger partial charge on any atom is 0.123 e. The van der Waals surface area contributed by atoms with Crippen LogP contribution in [-0.4, -0.2) is 0 Å². The molecule has 0 saturated carbocycles. The lowest BCUT2D eigenvalue weighted by Crippen LogP contribution is -1.92. The third-order valence-electron chi connectivity index (χ3n) is 2.54. The van der Waals surface area contributed by atoms with E-state index in [1.54, 1.807) is 12.1 Å². The lowest BCUT2D eigenvalue weighted by atomic mass is 10.0. The highest BCUT2D eigenvalue weighted by Crippen LogP contribution is 2.10. The molecule has 0 aliphatic rings. The molecule has 0 aliphatic heterocycles. The quantitative estimate of drug-likeness (QED) is 0.699. The zero-order chi connectivity index (χ0) is 12.1. The molecular formula is C15H13F2+. The molecule has 0 radical (unpaired) electrons. The van der Waals surface area contributed by atoms with E-state index in [2.05, 4.69) is 0 Å². The molecule has 0 unspecified atom stereocenters. The molecule has 0 heterocycles. The molecule has 0 aromatic heterocycles. The fourth-order valence-corrected chi connectivity index (χ4v) is 1.73. The van der Waals surface area contributed by atoms with Crippen molar-refractivity contribution in [3.8, 4) is 0 Å². The molecular weight excluding hydrogens is 218 g/mol. The zero-order valence-corrected chi connectivity index (χ0v) is 9.37. The van der Waals surface area contributed by atoms with Crippen molar-refractivity contribution in [2.75, 3.05) is 0 Å². The van der Waals surface area contributed by atoms with Crippen molar-refractivity contribution in [1.82, 2.24) is 0 Å². The molecule has 0 nitrogen and oxygen atoms in total. The van der Waals surface area contributed by atoms with E-state index in [4.69, 9.17) is 0 Å². The van der Waals surface area contributed by atoms with Gasteiger partial charge in [-0.15, -0.1) is 0 Å². The van der Waals surface area contributed by atoms with Crippen molar-refractivity contribution < 1.29 is 8.78 Å². The Labute approximate surface area is 99.9 Å². The Balaban J connectivity index is 1.87. The number of halogens is 2. The molecule has 0 saturated heterocycles. The van der Waals surface area contributed by atoms with Gasteiger partial charge in [0.1, 0.15) is 24.5 Å². The fraction of sp³-hybridized carbons (Fsp3) is 0.133. The van der Waals surface area contributed by atoms with Gasteiger partial charge in [-0.25, -0.2) is 8.78 Å². The zero-order valence-electron chi connectivity index (χ0n) is 9.37. The molecule has 0 amide bonds. The largest absolute Gasteiger partial charge is 0.207 e. The van der Waals surface area contributed by atoms with E-state index in [9.17, 15) is 8.78 Å². The Kier molecular flexibility index (Phi) is 3.76. The SMILES string of the molecule is Fc1cccc(C[CH+]Cc2cccc(F)c2)c1. The summed E-state index contributed by atoms with van der Waals surface area (Å²) in [6.45, 7) is 0. The topological polar surface area (TPSA) is 0 Å². The van der Waals surface area contributed by atoms with Gasteiger partial charge in [0.25, 0.3) is 0 Å². The van der Waals surface area contributed by atoms with Crippen LogP contribution in [0.4, 0.5) is 8.78 Å². The van der Waals surface area contributed by atoms with Crippen molar-refractivity contribution in [3.05, 3.63) is 77.7 Å². The molecule has 2 rings (SSSR count). The van der Waals surface area contributed by atoms with Crippen LogP contribution in [0.15, 0.2) is 48.5 Å². The highest BCUT2D eigenvalue weighted by atomic mass is 19.1. The summed E-state index contributed by atoms with van der Waals surface area (Å²) in [5.41, 5.74) is 1.86. The lowest BCUT2D eigenvalue weighted by Gasteiger charge is -1.96. The summed E-state index contributed by atoms with van der Waals surface area (Å²) in [6, 6.07) is 13.0. The minimum atomic E-state index is -0.221. The first-order valence-electron chi connectivity index (χ1n) is 5.54. The molecule has 2 heteroatoms. The smallest absolute Gasteiger partial charge is 0.123 e. The first kappa shape index (κ1) is 11.6. The predicted octanol–water partition coefficient (Wildman–Crippen LogP) is 3.95. The average Bonchev–Trinajstić information content (AvgIpc) is 2.29. The van der Waals surface area contributed by atoms with Crippen LogP contribution in [0.5, 0.6) is 0 Å². The third-order valence-corrected chi connectivity index (χ3v) is 2.54. The van der Waals surface area contributed by atoms with Gasteiger partial charge in [-0.2, -0.15) is 0 Å². The van der Waals surface area contributed by atoms with Crippen molar-refractivity contribution in [3.63, 3.8) is 0 Å². The number of hydrogen-bond donors (Lipinski definition) is 0. The summed E-state index contributed by atoms with van der Waals surface area (Å²) in [5.74, 6) is -0.441. The molecule has 86 valence electrons. The Morgan fingerprint density at radius 1 is 0.765 bits per heavy atom. The van der Waals surface area contributed by atoms with E-state index in [0.29, 0.717) is 12.8 Å². The van der Waals surface area contributed by atoms with E-state index >= 15 is 0 Å². The van der Waals surface area contributed by atoms with Gasteiger partial charge in [0.2, 0.25) is 0 Å². The van der Waals surface area contributed by atoms with Crippen LogP contribution in [0.1, 0.15) is 11.1 Å². The van der Waals surface area contributed by atoms with Gasteiger partial charge in [0.05, 0.1) is 6.42 Å². The second kappa shape index (κ2) is 5.48. The first-order valence-corrected chi connectivity index (χ1v) is 5.54. The minimum absolute atomic E-state index is 0.221. The van der Waals surface area contributed by atoms with E-state index < -0.39 is 0 Å². The van der Waals surface area contributed by atoms with Crippen LogP contribution >= 0.6 is 0 Å². The van der Waals surface area contributed by atoms with Crippen LogP contribution < -0.4 is 0 Å². The average molecular weight is 231 g/mol. The highest BCUT2D eigenvalue weighted by molar-refractivity contribution is 5.21. The van der Waals surface area contributed by atoms with Crippen molar-refractivity contribution in [2.45, 2.75) is 12.8 Å². The summed E-state index contributed by atoms with van der Waals surface area (Å²) >= 11 is 0. The minimum Gasteiger partial charge on any atom is -0.207 e. The van der Waals surface area contributed by atoms with Crippen LogP contribution in [0, 0.1) is 18.1 Å². The standard InChI is InChI=1S/C15H13F2/c16-14-8-2-6-12(10-14)4-1-5-13-7-3-9-15(17)11-13/h1-3,6-11H,4-5H2/q+1. The van der Waals surface area contributed by atoms with Gasteiger partial charge in [0.15, 0.2) is 0 Å². The third kappa shape index (κ3) is 3.59. The van der Waals surface area contributed by atoms with E-state index in [1.807, 2.05) is 18.6 Å². The molecule has 0 aliphatic carbocycles. The van der Waals surface area contributed by atoms with Crippen LogP contribution in [0.3, 0.4) is 0 Å². The van der Waals surface area contributed by atoms with Gasteiger partial charge >= 0.3 is 0 Å². The van der Waals surface area contributed by atoms with Gasteiger partial charge in [-0.1, -0.05) is 24.3 Å². The Morgan fingerprint density at radius 2 is 1.24 bits per heavy atom. The van der Waals surface area contributed by atoms with Gasteiger partial charge in [-0.3, -0.25) is 0 Å². The molecule has 0 bridgehead atoms. The fourth-order valence-electron chi connectivity index (χ4n) is 1.73. The molecule has 2 aromatic rings. The van der Waals surface area contributed by atoms with Gasteiger partial charge in [0, 0.05) is 0 Å². The van der Waals surface area contributed by atoms with E-state index in [0.717, 1.165) is 11.1 Å². The summed E-state index contributed by atoms with van der Waals surface area (Å²) in [4.78, 5) is 0. The first-order chi connectivity index (χ1) is 8.24. The summed E-state index contributed by atoms with van der Waals surface area (Å²) in [5, 5.41) is 0. The van der Waals surface area contributed by atoms with E-state index in [1.165, 1.54) is 24.3 Å². The van der Waals surface area contributed by atoms with Gasteiger partial charge in [-0.05, 0) is 35.4 Å². The van der Waals surface area contributed by atoms with E-state index in [-0.39, 0.29) is 11.6 Å². The molecule has 0 atom stereocenters. The second-order valence-corrected chi connectivity index (χ2v) is 3.96. The Hall–Kier alpha value is -1.83. The lowest BCUT2D eigenvalue weighted by molar-refractivity contribution is 0.625. The number of benzene rings is 2. The number of rotatable bonds is 4. The summed E-state index contributed by atoms with van der Waals surface area (Å²) in [6.07, 6.45) is 3.39. The maximum atomic E-state index is 12.9. The molecule has 2 aromatic carbocycles. The van der Waals surface area contributed by atoms with Crippen molar-refractivity contribution in [1.29, 1.82) is 0 Å². The highest BCUT2D eigenvalue weighted by Gasteiger charge is 2.05. The number of hydrogen-bond acceptors (Lipinski definition) is 0. The molecule has 17 heavy (non-hydrogen) atoms. The second-order valence-electron chi connectivity index (χ2n) is 3.96. The van der Waals surface area contributed by atoms with Crippen molar-refractivity contribution in [2.24, 2.45) is 0 Å². The maximum absolute atomic E-state index is 12.9. The monoisotopic (exact) mass is 231 g/mol. The molecule has 0 fully saturated rings. The predicted molar refractivity (Wildman–Crippen MR) is 64.5 cm³/mol. The van der Waals surface area contributed by atoms with Crippen LogP contribution in [-0.2, 0) is 12.8 Å². The summed E-state index contributed by atoms with van der Waals surface area (Å²) < 4.78 is 25.8. The molecule has 0 N–H and O–H groups in total. The van der Waals surface area contributed by atoms with Crippen LogP contribution in [0.2, 0.25) is 0 Å². The normalized spacial score (nSPS) is 10.2. The molecule has 0 spiro atoms. The Morgan fingerprint density at radius 3 is 1.65 bits per heavy atom. The van der Waals surface area contributed by atoms with Gasteiger partial charge < -0.3 is 0 Å². The van der Waals surface area contributed by atoms with Crippen LogP contribution in [0.25, 0.3) is 0 Å². The summed E-state index contributed by atoms with van der Waals surface area (Å²) in [7, 11) is 0.